The third-order valence-corrected chi connectivity index (χ3v) is 3.90. The van der Waals surface area contributed by atoms with Gasteiger partial charge in [0.25, 0.3) is 0 Å². The van der Waals surface area contributed by atoms with Crippen molar-refractivity contribution in [2.75, 3.05) is 45.1 Å². The second-order valence-electron chi connectivity index (χ2n) is 6.07. The Hall–Kier alpha value is -2.23. The molecule has 0 fully saturated rings. The number of hydrogen-bond acceptors (Lipinski definition) is 4. The number of rotatable bonds is 7. The van der Waals surface area contributed by atoms with Crippen LogP contribution in [-0.2, 0) is 6.54 Å². The fourth-order valence-corrected chi connectivity index (χ4v) is 2.54. The van der Waals surface area contributed by atoms with Crippen LogP contribution in [0, 0.1) is 5.82 Å². The van der Waals surface area contributed by atoms with Crippen molar-refractivity contribution in [3.05, 3.63) is 47.8 Å². The van der Waals surface area contributed by atoms with E-state index in [2.05, 4.69) is 15.6 Å². The molecule has 28 heavy (non-hydrogen) atoms. The van der Waals surface area contributed by atoms with Crippen LogP contribution in [0.3, 0.4) is 0 Å². The van der Waals surface area contributed by atoms with Crippen molar-refractivity contribution >= 4 is 41.3 Å². The Morgan fingerprint density at radius 3 is 2.36 bits per heavy atom. The molecule has 0 aliphatic carbocycles. The van der Waals surface area contributed by atoms with Gasteiger partial charge in [0.15, 0.2) is 17.5 Å². The molecule has 154 valence electrons. The molecule has 0 bridgehead atoms. The highest BCUT2D eigenvalue weighted by molar-refractivity contribution is 14.0. The van der Waals surface area contributed by atoms with Gasteiger partial charge in [-0.3, -0.25) is 0 Å². The van der Waals surface area contributed by atoms with Crippen molar-refractivity contribution in [3.8, 4) is 11.5 Å². The molecule has 2 N–H and O–H groups in total. The van der Waals surface area contributed by atoms with Crippen molar-refractivity contribution in [2.45, 2.75) is 13.5 Å². The summed E-state index contributed by atoms with van der Waals surface area (Å²) in [5.41, 5.74) is 2.15. The molecule has 0 spiro atoms. The zero-order valence-corrected chi connectivity index (χ0v) is 19.2. The van der Waals surface area contributed by atoms with Gasteiger partial charge >= 0.3 is 0 Å². The lowest BCUT2D eigenvalue weighted by Gasteiger charge is -2.15. The van der Waals surface area contributed by atoms with Crippen molar-refractivity contribution in [3.63, 3.8) is 0 Å². The van der Waals surface area contributed by atoms with Gasteiger partial charge in [0, 0.05) is 32.4 Å². The first kappa shape index (κ1) is 23.8. The lowest BCUT2D eigenvalue weighted by atomic mass is 10.2. The lowest BCUT2D eigenvalue weighted by Crippen LogP contribution is -2.30. The molecule has 0 aromatic heterocycles. The summed E-state index contributed by atoms with van der Waals surface area (Å²) in [5.74, 6) is 1.62. The van der Waals surface area contributed by atoms with E-state index in [1.54, 1.807) is 25.2 Å². The maximum atomic E-state index is 14.1. The minimum absolute atomic E-state index is 0. The first-order chi connectivity index (χ1) is 13.0. The van der Waals surface area contributed by atoms with Crippen LogP contribution < -0.4 is 25.0 Å². The van der Waals surface area contributed by atoms with E-state index in [1.807, 2.05) is 45.3 Å². The molecule has 0 saturated heterocycles. The van der Waals surface area contributed by atoms with E-state index in [0.29, 0.717) is 36.2 Å². The molecule has 8 heteroatoms. The Kier molecular flexibility index (Phi) is 9.84. The first-order valence-electron chi connectivity index (χ1n) is 8.71. The summed E-state index contributed by atoms with van der Waals surface area (Å²) in [5, 5.41) is 6.40. The molecule has 0 atom stereocenters. The highest BCUT2D eigenvalue weighted by Gasteiger charge is 2.08. The van der Waals surface area contributed by atoms with E-state index < -0.39 is 0 Å². The van der Waals surface area contributed by atoms with Crippen molar-refractivity contribution in [1.82, 2.24) is 5.32 Å². The zero-order valence-electron chi connectivity index (χ0n) is 16.9. The number of halogens is 2. The molecule has 0 unspecified atom stereocenters. The predicted octanol–water partition coefficient (Wildman–Crippen LogP) is 4.10. The van der Waals surface area contributed by atoms with Crippen molar-refractivity contribution in [1.29, 1.82) is 0 Å². The number of anilines is 2. The summed E-state index contributed by atoms with van der Waals surface area (Å²) >= 11 is 0. The van der Waals surface area contributed by atoms with Crippen LogP contribution in [0.15, 0.2) is 41.4 Å². The number of methoxy groups -OCH3 is 2. The summed E-state index contributed by atoms with van der Waals surface area (Å²) in [6, 6.07) is 10.7. The van der Waals surface area contributed by atoms with Gasteiger partial charge in [0.05, 0.1) is 26.5 Å². The van der Waals surface area contributed by atoms with Crippen LogP contribution >= 0.6 is 24.0 Å². The first-order valence-corrected chi connectivity index (χ1v) is 8.71. The van der Waals surface area contributed by atoms with E-state index in [4.69, 9.17) is 9.47 Å². The minimum Gasteiger partial charge on any atom is -0.493 e. The smallest absolute Gasteiger partial charge is 0.196 e. The molecule has 2 rings (SSSR count). The Morgan fingerprint density at radius 1 is 1.07 bits per heavy atom. The third-order valence-electron chi connectivity index (χ3n) is 3.90. The second kappa shape index (κ2) is 11.6. The van der Waals surface area contributed by atoms with Gasteiger partial charge in [0.2, 0.25) is 0 Å². The summed E-state index contributed by atoms with van der Waals surface area (Å²) in [6.45, 7) is 3.04. The van der Waals surface area contributed by atoms with Gasteiger partial charge in [-0.2, -0.15) is 0 Å². The van der Waals surface area contributed by atoms with E-state index in [0.717, 1.165) is 11.3 Å². The maximum Gasteiger partial charge on any atom is 0.196 e. The van der Waals surface area contributed by atoms with Crippen LogP contribution in [0.2, 0.25) is 0 Å². The Balaban J connectivity index is 0.00000392. The van der Waals surface area contributed by atoms with Gasteiger partial charge in [0.1, 0.15) is 5.82 Å². The quantitative estimate of drug-likeness (QED) is 0.339. The Labute approximate surface area is 183 Å². The monoisotopic (exact) mass is 502 g/mol. The summed E-state index contributed by atoms with van der Waals surface area (Å²) in [6.07, 6.45) is 0. The largest absolute Gasteiger partial charge is 0.493 e. The molecule has 6 nitrogen and oxygen atoms in total. The normalized spacial score (nSPS) is 10.7. The predicted molar refractivity (Wildman–Crippen MR) is 124 cm³/mol. The molecular weight excluding hydrogens is 474 g/mol. The number of guanidine groups is 1. The van der Waals surface area contributed by atoms with Crippen LogP contribution in [0.1, 0.15) is 12.5 Å². The highest BCUT2D eigenvalue weighted by atomic mass is 127. The topological polar surface area (TPSA) is 58.1 Å². The van der Waals surface area contributed by atoms with Crippen LogP contribution in [-0.4, -0.2) is 40.8 Å². The Bertz CT molecular complexity index is 800. The molecule has 0 amide bonds. The van der Waals surface area contributed by atoms with E-state index in [9.17, 15) is 4.39 Å². The average molecular weight is 502 g/mol. The summed E-state index contributed by atoms with van der Waals surface area (Å²) in [7, 11) is 6.81. The third kappa shape index (κ3) is 6.43. The molecule has 2 aromatic carbocycles. The van der Waals surface area contributed by atoms with Crippen LogP contribution in [0.4, 0.5) is 15.8 Å². The molecule has 0 radical (unpaired) electrons. The van der Waals surface area contributed by atoms with Crippen LogP contribution in [0.25, 0.3) is 0 Å². The molecule has 0 heterocycles. The number of benzene rings is 2. The van der Waals surface area contributed by atoms with E-state index >= 15 is 0 Å². The van der Waals surface area contributed by atoms with Gasteiger partial charge in [-0.1, -0.05) is 6.07 Å². The highest BCUT2D eigenvalue weighted by Crippen LogP contribution is 2.29. The summed E-state index contributed by atoms with van der Waals surface area (Å²) < 4.78 is 24.7. The number of aliphatic imine (C=N–C) groups is 1. The maximum absolute atomic E-state index is 14.1. The molecule has 2 aromatic rings. The lowest BCUT2D eigenvalue weighted by molar-refractivity contribution is 0.355. The van der Waals surface area contributed by atoms with Gasteiger partial charge in [-0.25, -0.2) is 9.38 Å². The van der Waals surface area contributed by atoms with E-state index in [1.165, 1.54) is 6.07 Å². The SMILES string of the molecule is CCNC(=NCc1ccc(N(C)C)c(F)c1)Nc1ccc(OC)c(OC)c1.I. The fraction of sp³-hybridized carbons (Fsp3) is 0.350. The molecule has 0 aliphatic rings. The second-order valence-corrected chi connectivity index (χ2v) is 6.07. The zero-order chi connectivity index (χ0) is 19.8. The number of nitrogens with zero attached hydrogens (tertiary/aromatic N) is 2. The van der Waals surface area contributed by atoms with Crippen molar-refractivity contribution in [2.24, 2.45) is 4.99 Å². The van der Waals surface area contributed by atoms with Crippen LogP contribution in [0.5, 0.6) is 11.5 Å². The average Bonchev–Trinajstić information content (AvgIpc) is 2.65. The minimum atomic E-state index is -0.259. The standard InChI is InChI=1S/C20H27FN4O2.HI/c1-6-22-20(24-15-8-10-18(26-4)19(12-15)27-5)23-13-14-7-9-17(25(2)3)16(21)11-14;/h7-12H,6,13H2,1-5H3,(H2,22,23,24);1H. The summed E-state index contributed by atoms with van der Waals surface area (Å²) in [4.78, 5) is 6.28. The molecule has 0 aliphatic heterocycles. The molecular formula is C20H28FIN4O2. The van der Waals surface area contributed by atoms with E-state index in [-0.39, 0.29) is 29.8 Å². The number of hydrogen-bond donors (Lipinski definition) is 2. The fourth-order valence-electron chi connectivity index (χ4n) is 2.54. The number of nitrogens with one attached hydrogen (secondary N) is 2. The van der Waals surface area contributed by atoms with Crippen molar-refractivity contribution < 1.29 is 13.9 Å². The van der Waals surface area contributed by atoms with Gasteiger partial charge in [-0.05, 0) is 36.8 Å². The Morgan fingerprint density at radius 2 is 1.79 bits per heavy atom. The van der Waals surface area contributed by atoms with Gasteiger partial charge < -0.3 is 25.0 Å². The molecule has 0 saturated carbocycles. The number of ether oxygens (including phenoxy) is 2. The van der Waals surface area contributed by atoms with Gasteiger partial charge in [-0.15, -0.1) is 24.0 Å².